The number of rotatable bonds is 2. The van der Waals surface area contributed by atoms with E-state index in [1.807, 2.05) is 0 Å². The van der Waals surface area contributed by atoms with Gasteiger partial charge in [0.25, 0.3) is 5.89 Å². The number of benzene rings is 2. The number of hydrogen-bond acceptors (Lipinski definition) is 3. The third-order valence-electron chi connectivity index (χ3n) is 2.72. The van der Waals surface area contributed by atoms with Crippen LogP contribution in [0, 0.1) is 5.82 Å². The number of halogens is 4. The first-order valence-corrected chi connectivity index (χ1v) is 6.92. The maximum atomic E-state index is 13.9. The lowest BCUT2D eigenvalue weighted by Crippen LogP contribution is -1.85. The molecule has 0 aliphatic heterocycles. The molecule has 7 heteroatoms. The monoisotopic (exact) mass is 342 g/mol. The molecule has 0 unspecified atom stereocenters. The zero-order valence-electron chi connectivity index (χ0n) is 10.3. The Hall–Kier alpha value is -1.62. The Morgan fingerprint density at radius 3 is 2.29 bits per heavy atom. The van der Waals surface area contributed by atoms with Gasteiger partial charge in [-0.2, -0.15) is 0 Å². The minimum absolute atomic E-state index is 0.0157. The highest BCUT2D eigenvalue weighted by molar-refractivity contribution is 6.35. The topological polar surface area (TPSA) is 38.9 Å². The van der Waals surface area contributed by atoms with Crippen molar-refractivity contribution in [2.24, 2.45) is 0 Å². The van der Waals surface area contributed by atoms with Gasteiger partial charge in [-0.15, -0.1) is 10.2 Å². The van der Waals surface area contributed by atoms with Crippen LogP contribution >= 0.6 is 34.8 Å². The second-order valence-corrected chi connectivity index (χ2v) is 5.45. The van der Waals surface area contributed by atoms with Gasteiger partial charge in [-0.1, -0.05) is 40.9 Å². The molecular formula is C14H6Cl3FN2O. The standard InChI is InChI=1S/C14H6Cl3FN2O/c15-8-4-7(5-9(16)6-8)13-19-20-14(21-13)10-2-1-3-11(17)12(10)18/h1-6H. The predicted octanol–water partition coefficient (Wildman–Crippen LogP) is 5.50. The van der Waals surface area contributed by atoms with Crippen LogP contribution in [0.2, 0.25) is 15.1 Å². The summed E-state index contributed by atoms with van der Waals surface area (Å²) in [6, 6.07) is 9.37. The van der Waals surface area contributed by atoms with E-state index in [0.717, 1.165) is 0 Å². The quantitative estimate of drug-likeness (QED) is 0.616. The fourth-order valence-corrected chi connectivity index (χ4v) is 2.50. The first-order valence-electron chi connectivity index (χ1n) is 5.79. The van der Waals surface area contributed by atoms with Gasteiger partial charge in [-0.25, -0.2) is 4.39 Å². The van der Waals surface area contributed by atoms with Crippen molar-refractivity contribution in [3.63, 3.8) is 0 Å². The molecule has 0 radical (unpaired) electrons. The van der Waals surface area contributed by atoms with Gasteiger partial charge in [-0.3, -0.25) is 0 Å². The van der Waals surface area contributed by atoms with Crippen LogP contribution in [0.3, 0.4) is 0 Å². The normalized spacial score (nSPS) is 10.9. The smallest absolute Gasteiger partial charge is 0.251 e. The lowest BCUT2D eigenvalue weighted by Gasteiger charge is -1.99. The molecule has 0 aliphatic carbocycles. The minimum Gasteiger partial charge on any atom is -0.416 e. The molecule has 2 aromatic carbocycles. The Kier molecular flexibility index (Phi) is 3.85. The van der Waals surface area contributed by atoms with Gasteiger partial charge in [0, 0.05) is 15.6 Å². The van der Waals surface area contributed by atoms with Crippen molar-refractivity contribution >= 4 is 34.8 Å². The van der Waals surface area contributed by atoms with Gasteiger partial charge >= 0.3 is 0 Å². The number of aromatic nitrogens is 2. The van der Waals surface area contributed by atoms with Crippen molar-refractivity contribution in [3.05, 3.63) is 57.3 Å². The molecule has 3 rings (SSSR count). The molecule has 1 aromatic heterocycles. The van der Waals surface area contributed by atoms with Crippen LogP contribution in [-0.4, -0.2) is 10.2 Å². The molecule has 0 amide bonds. The molecule has 3 aromatic rings. The van der Waals surface area contributed by atoms with Gasteiger partial charge in [0.2, 0.25) is 5.89 Å². The molecule has 106 valence electrons. The summed E-state index contributed by atoms with van der Waals surface area (Å²) in [4.78, 5) is 0. The zero-order chi connectivity index (χ0) is 15.0. The number of hydrogen-bond donors (Lipinski definition) is 0. The van der Waals surface area contributed by atoms with Crippen LogP contribution < -0.4 is 0 Å². The summed E-state index contributed by atoms with van der Waals surface area (Å²) < 4.78 is 19.4. The van der Waals surface area contributed by atoms with E-state index in [-0.39, 0.29) is 22.4 Å². The third kappa shape index (κ3) is 2.88. The Morgan fingerprint density at radius 2 is 1.57 bits per heavy atom. The average Bonchev–Trinajstić information content (AvgIpc) is 2.90. The van der Waals surface area contributed by atoms with Crippen LogP contribution in [-0.2, 0) is 0 Å². The molecule has 1 heterocycles. The van der Waals surface area contributed by atoms with Crippen LogP contribution in [0.25, 0.3) is 22.9 Å². The number of nitrogens with zero attached hydrogens (tertiary/aromatic N) is 2. The van der Waals surface area contributed by atoms with E-state index in [0.29, 0.717) is 15.6 Å². The summed E-state index contributed by atoms with van der Waals surface area (Å²) in [5, 5.41) is 8.55. The van der Waals surface area contributed by atoms with Crippen molar-refractivity contribution in [2.75, 3.05) is 0 Å². The molecule has 0 aliphatic rings. The minimum atomic E-state index is -0.613. The fourth-order valence-electron chi connectivity index (χ4n) is 1.80. The summed E-state index contributed by atoms with van der Waals surface area (Å²) in [5.41, 5.74) is 0.683. The predicted molar refractivity (Wildman–Crippen MR) is 80.2 cm³/mol. The molecule has 3 nitrogen and oxygen atoms in total. The summed E-state index contributed by atoms with van der Waals surface area (Å²) in [6.45, 7) is 0. The Bertz CT molecular complexity index is 799. The van der Waals surface area contributed by atoms with E-state index in [9.17, 15) is 4.39 Å². The van der Waals surface area contributed by atoms with E-state index in [1.165, 1.54) is 12.1 Å². The van der Waals surface area contributed by atoms with Crippen LogP contribution in [0.5, 0.6) is 0 Å². The lowest BCUT2D eigenvalue weighted by molar-refractivity contribution is 0.571. The van der Waals surface area contributed by atoms with E-state index in [4.69, 9.17) is 39.2 Å². The summed E-state index contributed by atoms with van der Waals surface area (Å²) in [5.74, 6) is -0.395. The molecule has 0 bridgehead atoms. The molecule has 0 fully saturated rings. The lowest BCUT2D eigenvalue weighted by atomic mass is 10.2. The van der Waals surface area contributed by atoms with Crippen molar-refractivity contribution in [1.82, 2.24) is 10.2 Å². The second-order valence-electron chi connectivity index (χ2n) is 4.17. The van der Waals surface area contributed by atoms with Gasteiger partial charge in [0.15, 0.2) is 5.82 Å². The zero-order valence-corrected chi connectivity index (χ0v) is 12.5. The van der Waals surface area contributed by atoms with Gasteiger partial charge in [-0.05, 0) is 30.3 Å². The summed E-state index contributed by atoms with van der Waals surface area (Å²) in [6.07, 6.45) is 0. The SMILES string of the molecule is Fc1c(Cl)cccc1-c1nnc(-c2cc(Cl)cc(Cl)c2)o1. The molecule has 0 atom stereocenters. The van der Waals surface area contributed by atoms with Gasteiger partial charge in [0.1, 0.15) is 0 Å². The third-order valence-corrected chi connectivity index (χ3v) is 3.44. The molecule has 0 spiro atoms. The average molecular weight is 344 g/mol. The van der Waals surface area contributed by atoms with E-state index >= 15 is 0 Å². The first-order chi connectivity index (χ1) is 10.0. The van der Waals surface area contributed by atoms with Crippen molar-refractivity contribution < 1.29 is 8.81 Å². The second kappa shape index (κ2) is 5.64. The summed E-state index contributed by atoms with van der Waals surface area (Å²) in [7, 11) is 0. The maximum Gasteiger partial charge on any atom is 0.251 e. The van der Waals surface area contributed by atoms with Crippen LogP contribution in [0.1, 0.15) is 0 Å². The van der Waals surface area contributed by atoms with E-state index in [1.54, 1.807) is 24.3 Å². The Balaban J connectivity index is 2.06. The summed E-state index contributed by atoms with van der Waals surface area (Å²) >= 11 is 17.6. The highest BCUT2D eigenvalue weighted by Crippen LogP contribution is 2.31. The van der Waals surface area contributed by atoms with Crippen LogP contribution in [0.15, 0.2) is 40.8 Å². The molecule has 0 saturated heterocycles. The molecule has 0 N–H and O–H groups in total. The fraction of sp³-hybridized carbons (Fsp3) is 0. The van der Waals surface area contributed by atoms with Gasteiger partial charge < -0.3 is 4.42 Å². The Labute approximate surface area is 134 Å². The van der Waals surface area contributed by atoms with Crippen molar-refractivity contribution in [1.29, 1.82) is 0 Å². The highest BCUT2D eigenvalue weighted by Gasteiger charge is 2.16. The largest absolute Gasteiger partial charge is 0.416 e. The van der Waals surface area contributed by atoms with Gasteiger partial charge in [0.05, 0.1) is 10.6 Å². The molecule has 0 saturated carbocycles. The maximum absolute atomic E-state index is 13.9. The Morgan fingerprint density at radius 1 is 0.905 bits per heavy atom. The van der Waals surface area contributed by atoms with E-state index < -0.39 is 5.82 Å². The van der Waals surface area contributed by atoms with Crippen LogP contribution in [0.4, 0.5) is 4.39 Å². The first kappa shape index (κ1) is 14.3. The molecular weight excluding hydrogens is 338 g/mol. The highest BCUT2D eigenvalue weighted by atomic mass is 35.5. The van der Waals surface area contributed by atoms with E-state index in [2.05, 4.69) is 10.2 Å². The van der Waals surface area contributed by atoms with Crippen molar-refractivity contribution in [3.8, 4) is 22.9 Å². The molecule has 21 heavy (non-hydrogen) atoms. The van der Waals surface area contributed by atoms with Crippen molar-refractivity contribution in [2.45, 2.75) is 0 Å².